The van der Waals surface area contributed by atoms with Crippen LogP contribution in [0.4, 0.5) is 0 Å². The van der Waals surface area contributed by atoms with Crippen molar-refractivity contribution in [3.8, 4) is 0 Å². The average Bonchev–Trinajstić information content (AvgIpc) is 2.73. The molecular weight excluding hydrogens is 340 g/mol. The first-order valence-electron chi connectivity index (χ1n) is 12.4. The number of rotatable bonds is 21. The summed E-state index contributed by atoms with van der Waals surface area (Å²) in [6.45, 7) is 2.87. The molecule has 0 aromatic heterocycles. The first-order chi connectivity index (χ1) is 13.9. The van der Waals surface area contributed by atoms with Crippen LogP contribution in [0.1, 0.15) is 108 Å². The predicted molar refractivity (Wildman–Crippen MR) is 126 cm³/mol. The van der Waals surface area contributed by atoms with Crippen molar-refractivity contribution in [2.75, 3.05) is 19.6 Å². The normalized spacial score (nSPS) is 11.2. The second-order valence-corrected chi connectivity index (χ2v) is 8.43. The van der Waals surface area contributed by atoms with Crippen LogP contribution >= 0.6 is 0 Å². The largest absolute Gasteiger partial charge is 0.329 e. The molecule has 2 heteroatoms. The zero-order valence-electron chi connectivity index (χ0n) is 18.6. The maximum atomic E-state index is 5.46. The van der Waals surface area contributed by atoms with Crippen LogP contribution in [0.2, 0.25) is 0 Å². The van der Waals surface area contributed by atoms with E-state index >= 15 is 0 Å². The maximum Gasteiger partial charge on any atom is 0.00745 e. The summed E-state index contributed by atoms with van der Waals surface area (Å²) in [5.41, 5.74) is 6.96. The summed E-state index contributed by atoms with van der Waals surface area (Å²) in [5.74, 6) is 0. The second-order valence-electron chi connectivity index (χ2n) is 8.43. The van der Waals surface area contributed by atoms with Crippen molar-refractivity contribution in [3.05, 3.63) is 35.9 Å². The van der Waals surface area contributed by atoms with Gasteiger partial charge in [-0.05, 0) is 31.4 Å². The highest BCUT2D eigenvalue weighted by atomic mass is 14.9. The topological polar surface area (TPSA) is 38.0 Å². The van der Waals surface area contributed by atoms with Gasteiger partial charge in [0.2, 0.25) is 0 Å². The van der Waals surface area contributed by atoms with Crippen molar-refractivity contribution in [1.82, 2.24) is 5.32 Å². The summed E-state index contributed by atoms with van der Waals surface area (Å²) in [7, 11) is 0. The quantitative estimate of drug-likeness (QED) is 0.222. The van der Waals surface area contributed by atoms with E-state index in [1.54, 1.807) is 0 Å². The Morgan fingerprint density at radius 1 is 0.500 bits per heavy atom. The third-order valence-electron chi connectivity index (χ3n) is 5.73. The molecule has 0 saturated carbocycles. The van der Waals surface area contributed by atoms with Crippen molar-refractivity contribution in [2.24, 2.45) is 5.73 Å². The molecule has 1 aromatic carbocycles. The third-order valence-corrected chi connectivity index (χ3v) is 5.73. The molecule has 0 heterocycles. The molecule has 2 nitrogen and oxygen atoms in total. The summed E-state index contributed by atoms with van der Waals surface area (Å²) in [4.78, 5) is 0. The summed E-state index contributed by atoms with van der Waals surface area (Å²) >= 11 is 0. The lowest BCUT2D eigenvalue weighted by atomic mass is 10.0. The van der Waals surface area contributed by atoms with Gasteiger partial charge < -0.3 is 11.1 Å². The van der Waals surface area contributed by atoms with Crippen LogP contribution in [0.3, 0.4) is 0 Å². The minimum Gasteiger partial charge on any atom is -0.329 e. The van der Waals surface area contributed by atoms with Crippen molar-refractivity contribution in [3.63, 3.8) is 0 Å². The Kier molecular flexibility index (Phi) is 18.8. The van der Waals surface area contributed by atoms with Crippen LogP contribution in [0.25, 0.3) is 0 Å². The molecule has 3 N–H and O–H groups in total. The number of nitrogens with one attached hydrogen (secondary N) is 1. The van der Waals surface area contributed by atoms with Gasteiger partial charge in [-0.25, -0.2) is 0 Å². The van der Waals surface area contributed by atoms with E-state index in [4.69, 9.17) is 5.73 Å². The van der Waals surface area contributed by atoms with Gasteiger partial charge in [-0.2, -0.15) is 0 Å². The van der Waals surface area contributed by atoms with E-state index in [2.05, 4.69) is 35.6 Å². The number of nitrogens with two attached hydrogens (primary N) is 1. The molecule has 0 atom stereocenters. The lowest BCUT2D eigenvalue weighted by Crippen LogP contribution is -2.23. The molecule has 0 unspecified atom stereocenters. The fourth-order valence-electron chi connectivity index (χ4n) is 3.93. The van der Waals surface area contributed by atoms with E-state index in [0.29, 0.717) is 0 Å². The number of aryl methyl sites for hydroxylation is 1. The molecule has 0 aliphatic carbocycles. The summed E-state index contributed by atoms with van der Waals surface area (Å²) in [6.07, 6.45) is 24.0. The van der Waals surface area contributed by atoms with Gasteiger partial charge in [0.15, 0.2) is 0 Å². The fraction of sp³-hybridized carbons (Fsp3) is 0.769. The monoisotopic (exact) mass is 388 g/mol. The third kappa shape index (κ3) is 17.3. The number of benzene rings is 1. The molecule has 0 spiro atoms. The Morgan fingerprint density at radius 2 is 0.929 bits per heavy atom. The highest BCUT2D eigenvalue weighted by Gasteiger charge is 1.96. The van der Waals surface area contributed by atoms with Crippen LogP contribution < -0.4 is 11.1 Å². The minimum absolute atomic E-state index is 0.759. The molecular formula is C26H48N2. The predicted octanol–water partition coefficient (Wildman–Crippen LogP) is 7.02. The standard InChI is InChI=1S/C26H48N2/c27-23-25-28-24-19-14-12-10-8-6-4-2-1-3-5-7-9-11-13-16-20-26-21-17-15-18-22-26/h15,17-18,21-22,28H,1-14,16,19-20,23-25,27H2. The van der Waals surface area contributed by atoms with Gasteiger partial charge in [-0.15, -0.1) is 0 Å². The summed E-state index contributed by atoms with van der Waals surface area (Å²) in [6, 6.07) is 10.9. The molecule has 0 radical (unpaired) electrons. The lowest BCUT2D eigenvalue weighted by Gasteiger charge is -2.04. The Hall–Kier alpha value is -0.860. The van der Waals surface area contributed by atoms with Crippen LogP contribution in [-0.4, -0.2) is 19.6 Å². The van der Waals surface area contributed by atoms with Crippen molar-refractivity contribution >= 4 is 0 Å². The zero-order chi connectivity index (χ0) is 20.0. The van der Waals surface area contributed by atoms with E-state index in [0.717, 1.165) is 19.6 Å². The number of unbranched alkanes of at least 4 members (excludes halogenated alkanes) is 15. The minimum atomic E-state index is 0.759. The molecule has 28 heavy (non-hydrogen) atoms. The first-order valence-corrected chi connectivity index (χ1v) is 12.4. The van der Waals surface area contributed by atoms with Crippen LogP contribution in [0.5, 0.6) is 0 Å². The maximum absolute atomic E-state index is 5.46. The smallest absolute Gasteiger partial charge is 0.00745 e. The van der Waals surface area contributed by atoms with Gasteiger partial charge in [0.25, 0.3) is 0 Å². The van der Waals surface area contributed by atoms with Crippen LogP contribution in [0.15, 0.2) is 30.3 Å². The zero-order valence-corrected chi connectivity index (χ0v) is 18.6. The van der Waals surface area contributed by atoms with E-state index in [9.17, 15) is 0 Å². The Labute approximate surface area is 176 Å². The first kappa shape index (κ1) is 25.2. The van der Waals surface area contributed by atoms with Crippen LogP contribution in [0, 0.1) is 0 Å². The lowest BCUT2D eigenvalue weighted by molar-refractivity contribution is 0.524. The van der Waals surface area contributed by atoms with Gasteiger partial charge in [0.05, 0.1) is 0 Å². The Bertz CT molecular complexity index is 404. The van der Waals surface area contributed by atoms with Crippen molar-refractivity contribution in [2.45, 2.75) is 109 Å². The van der Waals surface area contributed by atoms with E-state index in [-0.39, 0.29) is 0 Å². The van der Waals surface area contributed by atoms with Gasteiger partial charge >= 0.3 is 0 Å². The van der Waals surface area contributed by atoms with E-state index in [1.165, 1.54) is 115 Å². The molecule has 0 saturated heterocycles. The van der Waals surface area contributed by atoms with Crippen molar-refractivity contribution < 1.29 is 0 Å². The van der Waals surface area contributed by atoms with Crippen molar-refractivity contribution in [1.29, 1.82) is 0 Å². The number of hydrogen-bond acceptors (Lipinski definition) is 2. The van der Waals surface area contributed by atoms with Gasteiger partial charge in [0.1, 0.15) is 0 Å². The molecule has 0 aliphatic heterocycles. The van der Waals surface area contributed by atoms with E-state index in [1.807, 2.05) is 0 Å². The molecule has 1 aromatic rings. The summed E-state index contributed by atoms with van der Waals surface area (Å²) in [5, 5.41) is 3.37. The van der Waals surface area contributed by atoms with E-state index < -0.39 is 0 Å². The summed E-state index contributed by atoms with van der Waals surface area (Å²) < 4.78 is 0. The highest BCUT2D eigenvalue weighted by Crippen LogP contribution is 2.14. The van der Waals surface area contributed by atoms with Crippen LogP contribution in [-0.2, 0) is 6.42 Å². The molecule has 0 fully saturated rings. The highest BCUT2D eigenvalue weighted by molar-refractivity contribution is 5.14. The molecule has 0 amide bonds. The second kappa shape index (κ2) is 20.9. The molecule has 0 bridgehead atoms. The number of hydrogen-bond donors (Lipinski definition) is 2. The molecule has 1 rings (SSSR count). The Balaban J connectivity index is 1.67. The van der Waals surface area contributed by atoms with Gasteiger partial charge in [0, 0.05) is 13.1 Å². The van der Waals surface area contributed by atoms with Gasteiger partial charge in [-0.3, -0.25) is 0 Å². The average molecular weight is 389 g/mol. The molecule has 0 aliphatic rings. The fourth-order valence-corrected chi connectivity index (χ4v) is 3.93. The molecule has 162 valence electrons. The SMILES string of the molecule is NCCNCCCCCCCCCCCCCCCCCCc1ccccc1. The Morgan fingerprint density at radius 3 is 1.39 bits per heavy atom. The van der Waals surface area contributed by atoms with Gasteiger partial charge in [-0.1, -0.05) is 120 Å².